The molecule has 98 valence electrons. The van der Waals surface area contributed by atoms with Gasteiger partial charge in [0.15, 0.2) is 0 Å². The molecule has 0 aromatic heterocycles. The molecule has 3 nitrogen and oxygen atoms in total. The van der Waals surface area contributed by atoms with Crippen LogP contribution in [0.2, 0.25) is 0 Å². The van der Waals surface area contributed by atoms with Crippen LogP contribution in [-0.4, -0.2) is 17.2 Å². The molecule has 0 spiro atoms. The van der Waals surface area contributed by atoms with E-state index in [2.05, 4.69) is 6.07 Å². The number of hydrogen-bond acceptors (Lipinski definition) is 3. The first-order valence-corrected chi connectivity index (χ1v) is 6.67. The summed E-state index contributed by atoms with van der Waals surface area (Å²) in [5.41, 5.74) is 5.35. The number of nitrogens with zero attached hydrogens (tertiary/aromatic N) is 1. The summed E-state index contributed by atoms with van der Waals surface area (Å²) in [5.74, 6) is 0. The molecule has 0 aliphatic heterocycles. The summed E-state index contributed by atoms with van der Waals surface area (Å²) in [6, 6.07) is 17.3. The number of nitriles is 1. The van der Waals surface area contributed by atoms with Gasteiger partial charge in [-0.1, -0.05) is 36.4 Å². The van der Waals surface area contributed by atoms with E-state index in [1.54, 1.807) is 6.07 Å². The summed E-state index contributed by atoms with van der Waals surface area (Å²) in [5, 5.41) is 30.0. The van der Waals surface area contributed by atoms with Crippen molar-refractivity contribution >= 4 is 23.4 Å². The quantitative estimate of drug-likeness (QED) is 0.521. The van der Waals surface area contributed by atoms with E-state index in [1.807, 2.05) is 42.5 Å². The van der Waals surface area contributed by atoms with Crippen LogP contribution in [0.5, 0.6) is 0 Å². The monoisotopic (exact) mass is 271 g/mol. The molecule has 0 atom stereocenters. The minimum absolute atomic E-state index is 0.504. The van der Waals surface area contributed by atoms with Crippen molar-refractivity contribution in [3.63, 3.8) is 0 Å². The standard InChI is InChI=1S/C17H10BNO2/c19-9-10-4-5-11-13-6-7-16(18(20)21)14-3-1-2-12(17(13)14)15(11)8-10/h1-8,20-21H. The zero-order valence-corrected chi connectivity index (χ0v) is 11.0. The lowest BCUT2D eigenvalue weighted by Crippen LogP contribution is -2.30. The second-order valence-electron chi connectivity index (χ2n) is 5.18. The Labute approximate surface area is 121 Å². The van der Waals surface area contributed by atoms with E-state index < -0.39 is 7.12 Å². The highest BCUT2D eigenvalue weighted by atomic mass is 16.4. The average molecular weight is 271 g/mol. The SMILES string of the molecule is N#Cc1ccc2c(c1)-c1cccc3c(B(O)O)ccc-2c13. The third kappa shape index (κ3) is 1.56. The third-order valence-electron chi connectivity index (χ3n) is 4.08. The van der Waals surface area contributed by atoms with Gasteiger partial charge in [-0.2, -0.15) is 5.26 Å². The Bertz CT molecular complexity index is 941. The number of rotatable bonds is 1. The number of hydrogen-bond donors (Lipinski definition) is 2. The van der Waals surface area contributed by atoms with Crippen molar-refractivity contribution in [3.8, 4) is 28.3 Å². The molecule has 2 N–H and O–H groups in total. The summed E-state index contributed by atoms with van der Waals surface area (Å²) < 4.78 is 0. The highest BCUT2D eigenvalue weighted by Crippen LogP contribution is 2.46. The highest BCUT2D eigenvalue weighted by molar-refractivity contribution is 6.62. The van der Waals surface area contributed by atoms with E-state index in [4.69, 9.17) is 5.26 Å². The Morgan fingerprint density at radius 3 is 2.38 bits per heavy atom. The van der Waals surface area contributed by atoms with E-state index >= 15 is 0 Å². The maximum absolute atomic E-state index is 9.54. The predicted octanol–water partition coefficient (Wildman–Crippen LogP) is 2.04. The first-order chi connectivity index (χ1) is 10.2. The van der Waals surface area contributed by atoms with Crippen molar-refractivity contribution in [2.75, 3.05) is 0 Å². The van der Waals surface area contributed by atoms with Crippen molar-refractivity contribution in [1.29, 1.82) is 5.26 Å². The normalized spacial score (nSPS) is 11.3. The van der Waals surface area contributed by atoms with Gasteiger partial charge < -0.3 is 10.0 Å². The highest BCUT2D eigenvalue weighted by Gasteiger charge is 2.25. The van der Waals surface area contributed by atoms with Gasteiger partial charge >= 0.3 is 7.12 Å². The molecule has 0 saturated heterocycles. The van der Waals surface area contributed by atoms with E-state index in [0.29, 0.717) is 11.0 Å². The largest absolute Gasteiger partial charge is 0.489 e. The van der Waals surface area contributed by atoms with E-state index in [1.165, 1.54) is 0 Å². The molecule has 0 radical (unpaired) electrons. The summed E-state index contributed by atoms with van der Waals surface area (Å²) in [7, 11) is -1.49. The molecule has 0 bridgehead atoms. The number of benzene rings is 3. The first kappa shape index (κ1) is 12.2. The van der Waals surface area contributed by atoms with Crippen LogP contribution in [0.15, 0.2) is 48.5 Å². The minimum atomic E-state index is -1.49. The zero-order valence-electron chi connectivity index (χ0n) is 11.0. The molecule has 0 saturated carbocycles. The lowest BCUT2D eigenvalue weighted by Gasteiger charge is -2.08. The van der Waals surface area contributed by atoms with Crippen molar-refractivity contribution in [1.82, 2.24) is 0 Å². The Hall–Kier alpha value is -2.61. The van der Waals surface area contributed by atoms with Gasteiger partial charge in [0.2, 0.25) is 0 Å². The van der Waals surface area contributed by atoms with Crippen LogP contribution in [0.1, 0.15) is 5.56 Å². The molecule has 0 amide bonds. The third-order valence-corrected chi connectivity index (χ3v) is 4.08. The van der Waals surface area contributed by atoms with Crippen LogP contribution in [0, 0.1) is 11.3 Å². The van der Waals surface area contributed by atoms with E-state index in [0.717, 1.165) is 33.0 Å². The van der Waals surface area contributed by atoms with Crippen molar-refractivity contribution in [3.05, 3.63) is 54.1 Å². The van der Waals surface area contributed by atoms with Crippen LogP contribution in [0.25, 0.3) is 33.0 Å². The summed E-state index contributed by atoms with van der Waals surface area (Å²) in [6.07, 6.45) is 0. The van der Waals surface area contributed by atoms with Gasteiger partial charge in [0.05, 0.1) is 11.6 Å². The van der Waals surface area contributed by atoms with Gasteiger partial charge in [0.1, 0.15) is 0 Å². The number of fused-ring (bicyclic) bond motifs is 3. The predicted molar refractivity (Wildman–Crippen MR) is 82.9 cm³/mol. The summed E-state index contributed by atoms with van der Waals surface area (Å²) >= 11 is 0. The molecule has 1 aliphatic rings. The maximum atomic E-state index is 9.54. The Morgan fingerprint density at radius 1 is 0.857 bits per heavy atom. The second-order valence-corrected chi connectivity index (χ2v) is 5.18. The fraction of sp³-hybridized carbons (Fsp3) is 0. The molecule has 0 heterocycles. The smallest absolute Gasteiger partial charge is 0.423 e. The molecule has 4 heteroatoms. The van der Waals surface area contributed by atoms with E-state index in [-0.39, 0.29) is 0 Å². The van der Waals surface area contributed by atoms with E-state index in [9.17, 15) is 10.0 Å². The molecular formula is C17H10BNO2. The molecule has 3 aromatic carbocycles. The molecule has 21 heavy (non-hydrogen) atoms. The molecule has 0 unspecified atom stereocenters. The van der Waals surface area contributed by atoms with Crippen LogP contribution >= 0.6 is 0 Å². The molecule has 3 aromatic rings. The van der Waals surface area contributed by atoms with Gasteiger partial charge in [-0.3, -0.25) is 0 Å². The van der Waals surface area contributed by atoms with Gasteiger partial charge in [0, 0.05) is 0 Å². The fourth-order valence-corrected chi connectivity index (χ4v) is 3.17. The van der Waals surface area contributed by atoms with Crippen LogP contribution in [0.3, 0.4) is 0 Å². The van der Waals surface area contributed by atoms with Crippen molar-refractivity contribution in [2.45, 2.75) is 0 Å². The van der Waals surface area contributed by atoms with Crippen LogP contribution in [0.4, 0.5) is 0 Å². The topological polar surface area (TPSA) is 64.2 Å². The van der Waals surface area contributed by atoms with Gasteiger partial charge in [-0.05, 0) is 50.6 Å². The summed E-state index contributed by atoms with van der Waals surface area (Å²) in [6.45, 7) is 0. The lowest BCUT2D eigenvalue weighted by molar-refractivity contribution is 0.426. The van der Waals surface area contributed by atoms with Gasteiger partial charge in [-0.15, -0.1) is 0 Å². The van der Waals surface area contributed by atoms with Crippen LogP contribution in [-0.2, 0) is 0 Å². The minimum Gasteiger partial charge on any atom is -0.423 e. The second kappa shape index (κ2) is 4.19. The molecule has 4 rings (SSSR count). The van der Waals surface area contributed by atoms with Crippen molar-refractivity contribution < 1.29 is 10.0 Å². The maximum Gasteiger partial charge on any atom is 0.489 e. The zero-order chi connectivity index (χ0) is 14.6. The lowest BCUT2D eigenvalue weighted by atomic mass is 9.76. The van der Waals surface area contributed by atoms with Crippen molar-refractivity contribution in [2.24, 2.45) is 0 Å². The summed E-state index contributed by atoms with van der Waals surface area (Å²) in [4.78, 5) is 0. The van der Waals surface area contributed by atoms with Crippen LogP contribution < -0.4 is 5.46 Å². The van der Waals surface area contributed by atoms with Gasteiger partial charge in [0.25, 0.3) is 0 Å². The average Bonchev–Trinajstić information content (AvgIpc) is 2.83. The molecule has 1 aliphatic carbocycles. The van der Waals surface area contributed by atoms with Gasteiger partial charge in [-0.25, -0.2) is 0 Å². The fourth-order valence-electron chi connectivity index (χ4n) is 3.17. The first-order valence-electron chi connectivity index (χ1n) is 6.67. The Morgan fingerprint density at radius 2 is 1.62 bits per heavy atom. The Balaban J connectivity index is 2.14. The molecule has 0 fully saturated rings. The molecular weight excluding hydrogens is 261 g/mol. The Kier molecular flexibility index (Phi) is 2.43.